The van der Waals surface area contributed by atoms with Crippen molar-refractivity contribution < 1.29 is 19.2 Å². The van der Waals surface area contributed by atoms with Crippen LogP contribution in [0.2, 0.25) is 0 Å². The third-order valence-electron chi connectivity index (χ3n) is 3.14. The number of hydrogen-bond donors (Lipinski definition) is 0. The van der Waals surface area contributed by atoms with Gasteiger partial charge in [0.15, 0.2) is 23.1 Å². The summed E-state index contributed by atoms with van der Waals surface area (Å²) < 4.78 is 0. The molecule has 4 heteroatoms. The molecule has 1 aliphatic carbocycles. The maximum atomic E-state index is 11.5. The molecule has 1 aliphatic rings. The molecule has 0 N–H and O–H groups in total. The summed E-state index contributed by atoms with van der Waals surface area (Å²) in [6, 6.07) is 0. The molecule has 0 aromatic heterocycles. The molecule has 96 valence electrons. The van der Waals surface area contributed by atoms with E-state index in [0.29, 0.717) is 22.3 Å². The summed E-state index contributed by atoms with van der Waals surface area (Å²) in [5.74, 6) is -0.883. The van der Waals surface area contributed by atoms with Crippen molar-refractivity contribution in [3.63, 3.8) is 0 Å². The Morgan fingerprint density at radius 1 is 0.556 bits per heavy atom. The van der Waals surface area contributed by atoms with Crippen molar-refractivity contribution in [2.75, 3.05) is 0 Å². The molecule has 0 aromatic rings. The minimum absolute atomic E-state index is 0.0918. The predicted octanol–water partition coefficient (Wildman–Crippen LogP) is 1.73. The predicted molar refractivity (Wildman–Crippen MR) is 66.0 cm³/mol. The average molecular weight is 248 g/mol. The minimum Gasteiger partial charge on any atom is -0.295 e. The van der Waals surface area contributed by atoms with Crippen LogP contribution in [-0.4, -0.2) is 23.1 Å². The molecule has 1 rings (SSSR count). The fourth-order valence-electron chi connectivity index (χ4n) is 2.13. The van der Waals surface area contributed by atoms with E-state index in [1.807, 2.05) is 0 Å². The van der Waals surface area contributed by atoms with Gasteiger partial charge >= 0.3 is 0 Å². The van der Waals surface area contributed by atoms with Gasteiger partial charge in [-0.25, -0.2) is 0 Å². The molecule has 0 fully saturated rings. The summed E-state index contributed by atoms with van der Waals surface area (Å²) in [4.78, 5) is 46.1. The average Bonchev–Trinajstić information content (AvgIpc) is 2.26. The maximum Gasteiger partial charge on any atom is 0.156 e. The number of hydrogen-bond acceptors (Lipinski definition) is 4. The second-order valence-corrected chi connectivity index (χ2v) is 4.49. The molecule has 0 radical (unpaired) electrons. The normalized spacial score (nSPS) is 15.8. The lowest BCUT2D eigenvalue weighted by Gasteiger charge is -2.21. The van der Waals surface area contributed by atoms with Gasteiger partial charge in [-0.05, 0) is 27.7 Å². The standard InChI is InChI=1S/C14H16O4/c1-7(15)11-5-13(9(3)17)14(10(4)18)6-12(11)8(2)16/h5-6H2,1-4H3. The van der Waals surface area contributed by atoms with Crippen LogP contribution in [-0.2, 0) is 19.2 Å². The van der Waals surface area contributed by atoms with E-state index < -0.39 is 0 Å². The molecule has 0 bridgehead atoms. The van der Waals surface area contributed by atoms with Crippen molar-refractivity contribution in [1.82, 2.24) is 0 Å². The number of allylic oxidation sites excluding steroid dienone is 4. The summed E-state index contributed by atoms with van der Waals surface area (Å²) in [5, 5.41) is 0. The molecule has 0 heterocycles. The van der Waals surface area contributed by atoms with Gasteiger partial charge in [0.05, 0.1) is 0 Å². The number of Topliss-reactive ketones (excluding diaryl/α,β-unsaturated/α-hetero) is 4. The molecule has 0 spiro atoms. The van der Waals surface area contributed by atoms with Crippen molar-refractivity contribution in [1.29, 1.82) is 0 Å². The smallest absolute Gasteiger partial charge is 0.156 e. The monoisotopic (exact) mass is 248 g/mol. The van der Waals surface area contributed by atoms with E-state index in [1.54, 1.807) is 0 Å². The number of carbonyl (C=O) groups excluding carboxylic acids is 4. The molecular formula is C14H16O4. The summed E-state index contributed by atoms with van der Waals surface area (Å²) in [5.41, 5.74) is 1.44. The van der Waals surface area contributed by atoms with Crippen molar-refractivity contribution in [2.24, 2.45) is 0 Å². The summed E-state index contributed by atoms with van der Waals surface area (Å²) in [7, 11) is 0. The first kappa shape index (κ1) is 14.2. The Hall–Kier alpha value is -1.84. The van der Waals surface area contributed by atoms with E-state index >= 15 is 0 Å². The van der Waals surface area contributed by atoms with Crippen LogP contribution in [0.4, 0.5) is 0 Å². The molecule has 18 heavy (non-hydrogen) atoms. The second-order valence-electron chi connectivity index (χ2n) is 4.49. The molecule has 0 unspecified atom stereocenters. The topological polar surface area (TPSA) is 68.3 Å². The fourth-order valence-corrected chi connectivity index (χ4v) is 2.13. The van der Waals surface area contributed by atoms with E-state index in [2.05, 4.69) is 0 Å². The van der Waals surface area contributed by atoms with Gasteiger partial charge in [-0.15, -0.1) is 0 Å². The third kappa shape index (κ3) is 2.70. The van der Waals surface area contributed by atoms with Gasteiger partial charge in [0.25, 0.3) is 0 Å². The highest BCUT2D eigenvalue weighted by Gasteiger charge is 2.28. The van der Waals surface area contributed by atoms with Crippen molar-refractivity contribution in [3.8, 4) is 0 Å². The lowest BCUT2D eigenvalue weighted by atomic mass is 9.80. The number of carbonyl (C=O) groups is 4. The lowest BCUT2D eigenvalue weighted by Crippen LogP contribution is -2.20. The molecule has 0 aliphatic heterocycles. The Labute approximate surface area is 106 Å². The van der Waals surface area contributed by atoms with Gasteiger partial charge in [-0.3, -0.25) is 19.2 Å². The van der Waals surface area contributed by atoms with Gasteiger partial charge in [0.1, 0.15) is 0 Å². The zero-order chi connectivity index (χ0) is 14.0. The lowest BCUT2D eigenvalue weighted by molar-refractivity contribution is -0.117. The molecule has 4 nitrogen and oxygen atoms in total. The molecular weight excluding hydrogens is 232 g/mol. The van der Waals surface area contributed by atoms with Crippen LogP contribution in [0.1, 0.15) is 40.5 Å². The van der Waals surface area contributed by atoms with Gasteiger partial charge in [-0.2, -0.15) is 0 Å². The van der Waals surface area contributed by atoms with Crippen LogP contribution in [0.3, 0.4) is 0 Å². The van der Waals surface area contributed by atoms with Crippen molar-refractivity contribution in [3.05, 3.63) is 22.3 Å². The van der Waals surface area contributed by atoms with Crippen LogP contribution < -0.4 is 0 Å². The Bertz CT molecular complexity index is 426. The van der Waals surface area contributed by atoms with E-state index in [4.69, 9.17) is 0 Å². The summed E-state index contributed by atoms with van der Waals surface area (Å²) in [6.45, 7) is 5.48. The van der Waals surface area contributed by atoms with E-state index in [1.165, 1.54) is 27.7 Å². The van der Waals surface area contributed by atoms with Crippen molar-refractivity contribution >= 4 is 23.1 Å². The minimum atomic E-state index is -0.221. The highest BCUT2D eigenvalue weighted by Crippen LogP contribution is 2.32. The van der Waals surface area contributed by atoms with E-state index in [9.17, 15) is 19.2 Å². The molecule has 0 saturated heterocycles. The Morgan fingerprint density at radius 2 is 0.722 bits per heavy atom. The summed E-state index contributed by atoms with van der Waals surface area (Å²) in [6.07, 6.45) is 0.184. The van der Waals surface area contributed by atoms with Crippen molar-refractivity contribution in [2.45, 2.75) is 40.5 Å². The van der Waals surface area contributed by atoms with Crippen LogP contribution in [0.15, 0.2) is 22.3 Å². The molecule has 0 atom stereocenters. The summed E-state index contributed by atoms with van der Waals surface area (Å²) >= 11 is 0. The van der Waals surface area contributed by atoms with Gasteiger partial charge < -0.3 is 0 Å². The van der Waals surface area contributed by atoms with Gasteiger partial charge in [-0.1, -0.05) is 0 Å². The molecule has 0 aromatic carbocycles. The first-order chi connectivity index (χ1) is 8.25. The SMILES string of the molecule is CC(=O)C1=C(C(C)=O)CC(C(C)=O)=C(C(C)=O)C1. The first-order valence-electron chi connectivity index (χ1n) is 5.73. The van der Waals surface area contributed by atoms with E-state index in [-0.39, 0.29) is 36.0 Å². The maximum absolute atomic E-state index is 11.5. The Morgan fingerprint density at radius 3 is 0.833 bits per heavy atom. The molecule has 0 saturated carbocycles. The number of ketones is 4. The zero-order valence-electron chi connectivity index (χ0n) is 11.0. The second kappa shape index (κ2) is 5.21. The fraction of sp³-hybridized carbons (Fsp3) is 0.429. The van der Waals surface area contributed by atoms with Crippen LogP contribution in [0.25, 0.3) is 0 Å². The van der Waals surface area contributed by atoms with Crippen LogP contribution in [0, 0.1) is 0 Å². The first-order valence-corrected chi connectivity index (χ1v) is 5.73. The van der Waals surface area contributed by atoms with Gasteiger partial charge in [0.2, 0.25) is 0 Å². The Kier molecular flexibility index (Phi) is 4.11. The third-order valence-corrected chi connectivity index (χ3v) is 3.14. The highest BCUT2D eigenvalue weighted by atomic mass is 16.1. The highest BCUT2D eigenvalue weighted by molar-refractivity contribution is 6.12. The van der Waals surface area contributed by atoms with E-state index in [0.717, 1.165) is 0 Å². The largest absolute Gasteiger partial charge is 0.295 e. The molecule has 0 amide bonds. The van der Waals surface area contributed by atoms with Crippen LogP contribution >= 0.6 is 0 Å². The van der Waals surface area contributed by atoms with Crippen LogP contribution in [0.5, 0.6) is 0 Å². The number of rotatable bonds is 4. The quantitative estimate of drug-likeness (QED) is 0.759. The van der Waals surface area contributed by atoms with Gasteiger partial charge in [0, 0.05) is 35.1 Å². The zero-order valence-corrected chi connectivity index (χ0v) is 11.0. The Balaban J connectivity index is 3.35.